The van der Waals surface area contributed by atoms with Crippen molar-refractivity contribution in [2.75, 3.05) is 23.7 Å². The Morgan fingerprint density at radius 2 is 2.00 bits per heavy atom. The highest BCUT2D eigenvalue weighted by atomic mass is 16.5. The van der Waals surface area contributed by atoms with Crippen LogP contribution in [0, 0.1) is 16.7 Å². The Hall–Kier alpha value is -4.31. The number of carbonyl (C=O) groups is 1. The van der Waals surface area contributed by atoms with Gasteiger partial charge in [0.25, 0.3) is 5.91 Å². The van der Waals surface area contributed by atoms with E-state index in [0.717, 1.165) is 36.3 Å². The quantitative estimate of drug-likeness (QED) is 0.148. The van der Waals surface area contributed by atoms with Crippen LogP contribution in [0.1, 0.15) is 47.0 Å². The number of amides is 1. The van der Waals surface area contributed by atoms with E-state index in [1.807, 2.05) is 81.2 Å². The molecule has 1 aliphatic rings. The summed E-state index contributed by atoms with van der Waals surface area (Å²) in [6, 6.07) is 11.7. The molecule has 1 saturated heterocycles. The minimum Gasteiger partial charge on any atom is -0.457 e. The molecule has 3 rings (SSSR count). The maximum Gasteiger partial charge on any atom is 0.264 e. The third-order valence-electron chi connectivity index (χ3n) is 6.19. The predicted octanol–water partition coefficient (Wildman–Crippen LogP) is 7.14. The number of benzene rings is 1. The molecule has 0 radical (unpaired) electrons. The molecule has 1 fully saturated rings. The van der Waals surface area contributed by atoms with Crippen molar-refractivity contribution in [3.05, 3.63) is 91.0 Å². The van der Waals surface area contributed by atoms with Crippen LogP contribution in [0.15, 0.2) is 91.0 Å². The lowest BCUT2D eigenvalue weighted by Crippen LogP contribution is -2.47. The van der Waals surface area contributed by atoms with Crippen LogP contribution in [-0.4, -0.2) is 34.9 Å². The summed E-state index contributed by atoms with van der Waals surface area (Å²) >= 11 is 0. The number of ether oxygens (including phenoxy) is 1. The second kappa shape index (κ2) is 14.0. The van der Waals surface area contributed by atoms with E-state index in [-0.39, 0.29) is 22.9 Å². The first-order valence-electron chi connectivity index (χ1n) is 13.4. The number of rotatable bonds is 10. The van der Waals surface area contributed by atoms with Crippen molar-refractivity contribution in [3.63, 3.8) is 0 Å². The maximum atomic E-state index is 13.3. The summed E-state index contributed by atoms with van der Waals surface area (Å²) in [4.78, 5) is 19.4. The molecule has 1 aromatic heterocycles. The fraction of sp³-hybridized carbons (Fsp3) is 0.344. The van der Waals surface area contributed by atoms with Gasteiger partial charge >= 0.3 is 0 Å². The molecular formula is C32H39N5O2. The number of carbonyl (C=O) groups excluding carboxylic acids is 1. The van der Waals surface area contributed by atoms with E-state index in [1.54, 1.807) is 24.5 Å². The zero-order chi connectivity index (χ0) is 28.3. The largest absolute Gasteiger partial charge is 0.457 e. The van der Waals surface area contributed by atoms with E-state index in [4.69, 9.17) is 4.74 Å². The Morgan fingerprint density at radius 1 is 1.23 bits per heavy atom. The number of nitrogens with one attached hydrogen (secondary N) is 2. The number of likely N-dealkylation sites (tertiary alicyclic amines) is 1. The van der Waals surface area contributed by atoms with Gasteiger partial charge in [-0.1, -0.05) is 45.6 Å². The molecule has 2 heterocycles. The molecule has 1 aliphatic heterocycles. The van der Waals surface area contributed by atoms with Crippen molar-refractivity contribution in [3.8, 4) is 11.8 Å². The third-order valence-corrected chi connectivity index (χ3v) is 6.19. The SMILES string of the molecule is C=C/C(=C\C=C/C)Oc1ccc(Nc2cnccc2NCC2CCCCN2C(=O)/C(C#N)=C\C(C)(C)C)cc1. The Bertz CT molecular complexity index is 1260. The Balaban J connectivity index is 1.69. The van der Waals surface area contributed by atoms with Crippen molar-refractivity contribution in [1.29, 1.82) is 5.26 Å². The molecule has 0 aliphatic carbocycles. The molecule has 0 bridgehead atoms. The van der Waals surface area contributed by atoms with Gasteiger partial charge in [-0.15, -0.1) is 0 Å². The van der Waals surface area contributed by atoms with E-state index < -0.39 is 0 Å². The van der Waals surface area contributed by atoms with Gasteiger partial charge in [-0.3, -0.25) is 9.78 Å². The van der Waals surface area contributed by atoms with Gasteiger partial charge < -0.3 is 20.3 Å². The number of piperidine rings is 1. The summed E-state index contributed by atoms with van der Waals surface area (Å²) in [5, 5.41) is 16.6. The number of anilines is 3. The molecule has 7 nitrogen and oxygen atoms in total. The van der Waals surface area contributed by atoms with Crippen LogP contribution in [-0.2, 0) is 4.79 Å². The van der Waals surface area contributed by atoms with Crippen molar-refractivity contribution < 1.29 is 9.53 Å². The second-order valence-corrected chi connectivity index (χ2v) is 10.5. The minimum absolute atomic E-state index is 0.00456. The molecule has 2 N–H and O–H groups in total. The molecule has 0 spiro atoms. The summed E-state index contributed by atoms with van der Waals surface area (Å²) in [6.07, 6.45) is 15.5. The predicted molar refractivity (Wildman–Crippen MR) is 159 cm³/mol. The number of nitrogens with zero attached hydrogens (tertiary/aromatic N) is 3. The summed E-state index contributed by atoms with van der Waals surface area (Å²) in [7, 11) is 0. The van der Waals surface area contributed by atoms with Crippen LogP contribution in [0.3, 0.4) is 0 Å². The lowest BCUT2D eigenvalue weighted by atomic mass is 9.92. The Kier molecular flexibility index (Phi) is 10.5. The van der Waals surface area contributed by atoms with E-state index in [1.165, 1.54) is 0 Å². The normalized spacial score (nSPS) is 16.5. The van der Waals surface area contributed by atoms with Gasteiger partial charge in [-0.05, 0) is 74.1 Å². The van der Waals surface area contributed by atoms with E-state index in [9.17, 15) is 10.1 Å². The van der Waals surface area contributed by atoms with Crippen LogP contribution in [0.4, 0.5) is 17.1 Å². The van der Waals surface area contributed by atoms with E-state index >= 15 is 0 Å². The lowest BCUT2D eigenvalue weighted by Gasteiger charge is -2.36. The molecule has 1 amide bonds. The molecule has 0 saturated carbocycles. The minimum atomic E-state index is -0.247. The van der Waals surface area contributed by atoms with Crippen molar-refractivity contribution in [2.24, 2.45) is 5.41 Å². The highest BCUT2D eigenvalue weighted by Crippen LogP contribution is 2.28. The van der Waals surface area contributed by atoms with Gasteiger partial charge in [-0.2, -0.15) is 5.26 Å². The first-order valence-corrected chi connectivity index (χ1v) is 13.4. The highest BCUT2D eigenvalue weighted by molar-refractivity contribution is 5.97. The standard InChI is InChI=1S/C32H39N5O2/c1-6-8-12-27(7-2)39-28-15-13-25(14-16-28)36-30-23-34-18-17-29(30)35-22-26-11-9-10-19-37(26)31(38)24(21-33)20-32(3,4)5/h6-8,12-18,20,23,26,36H,2,9-11,19,22H2,1,3-5H3,(H,34,35)/b8-6-,24-20-,27-12+. The van der Waals surface area contributed by atoms with Crippen LogP contribution >= 0.6 is 0 Å². The molecule has 7 heteroatoms. The van der Waals surface area contributed by atoms with Gasteiger partial charge in [0, 0.05) is 31.0 Å². The van der Waals surface area contributed by atoms with E-state index in [0.29, 0.717) is 24.6 Å². The lowest BCUT2D eigenvalue weighted by molar-refractivity contribution is -0.130. The molecular weight excluding hydrogens is 486 g/mol. The number of allylic oxidation sites excluding steroid dienone is 5. The molecule has 204 valence electrons. The van der Waals surface area contributed by atoms with Gasteiger partial charge in [0.15, 0.2) is 0 Å². The van der Waals surface area contributed by atoms with Gasteiger partial charge in [0.05, 0.1) is 17.6 Å². The topological polar surface area (TPSA) is 90.3 Å². The zero-order valence-electron chi connectivity index (χ0n) is 23.4. The first kappa shape index (κ1) is 29.2. The summed E-state index contributed by atoms with van der Waals surface area (Å²) in [6.45, 7) is 12.9. The average molecular weight is 526 g/mol. The van der Waals surface area contributed by atoms with Crippen LogP contribution in [0.5, 0.6) is 5.75 Å². The zero-order valence-corrected chi connectivity index (χ0v) is 23.4. The number of aromatic nitrogens is 1. The smallest absolute Gasteiger partial charge is 0.264 e. The number of nitriles is 1. The molecule has 1 atom stereocenters. The molecule has 1 aromatic carbocycles. The van der Waals surface area contributed by atoms with Crippen molar-refractivity contribution in [2.45, 2.75) is 53.0 Å². The first-order chi connectivity index (χ1) is 18.7. The molecule has 1 unspecified atom stereocenters. The fourth-order valence-electron chi connectivity index (χ4n) is 4.32. The summed E-state index contributed by atoms with van der Waals surface area (Å²) < 4.78 is 5.86. The maximum absolute atomic E-state index is 13.3. The summed E-state index contributed by atoms with van der Waals surface area (Å²) in [5.74, 6) is 1.19. The summed E-state index contributed by atoms with van der Waals surface area (Å²) in [5.41, 5.74) is 2.56. The van der Waals surface area contributed by atoms with Crippen molar-refractivity contribution >= 4 is 23.0 Å². The Labute approximate surface area is 232 Å². The molecule has 2 aromatic rings. The highest BCUT2D eigenvalue weighted by Gasteiger charge is 2.29. The fourth-order valence-corrected chi connectivity index (χ4v) is 4.32. The Morgan fingerprint density at radius 3 is 2.67 bits per heavy atom. The monoisotopic (exact) mass is 525 g/mol. The van der Waals surface area contributed by atoms with E-state index in [2.05, 4.69) is 28.3 Å². The average Bonchev–Trinajstić information content (AvgIpc) is 2.93. The number of pyridine rings is 1. The van der Waals surface area contributed by atoms with Gasteiger partial charge in [0.2, 0.25) is 0 Å². The molecule has 39 heavy (non-hydrogen) atoms. The van der Waals surface area contributed by atoms with Crippen LogP contribution in [0.25, 0.3) is 0 Å². The third kappa shape index (κ3) is 8.89. The van der Waals surface area contributed by atoms with Gasteiger partial charge in [-0.25, -0.2) is 0 Å². The van der Waals surface area contributed by atoms with Crippen LogP contribution < -0.4 is 15.4 Å². The van der Waals surface area contributed by atoms with Gasteiger partial charge in [0.1, 0.15) is 23.2 Å². The number of hydrogen-bond donors (Lipinski definition) is 2. The van der Waals surface area contributed by atoms with Crippen LogP contribution in [0.2, 0.25) is 0 Å². The van der Waals surface area contributed by atoms with Crippen molar-refractivity contribution in [1.82, 2.24) is 9.88 Å². The second-order valence-electron chi connectivity index (χ2n) is 10.5. The number of hydrogen-bond acceptors (Lipinski definition) is 6.